The van der Waals surface area contributed by atoms with Crippen molar-refractivity contribution in [3.05, 3.63) is 108 Å². The molecule has 16 heteroatoms. The summed E-state index contributed by atoms with van der Waals surface area (Å²) in [5, 5.41) is 34.6. The van der Waals surface area contributed by atoms with Gasteiger partial charge in [-0.3, -0.25) is 9.69 Å². The summed E-state index contributed by atoms with van der Waals surface area (Å²) < 4.78 is 50.1. The second kappa shape index (κ2) is 26.8. The summed E-state index contributed by atoms with van der Waals surface area (Å²) in [6, 6.07) is 19.5. The van der Waals surface area contributed by atoms with E-state index >= 15 is 0 Å². The van der Waals surface area contributed by atoms with Crippen LogP contribution < -0.4 is 14.2 Å². The van der Waals surface area contributed by atoms with E-state index in [4.69, 9.17) is 47.9 Å². The molecule has 1 amide bonds. The fourth-order valence-corrected chi connectivity index (χ4v) is 10.4. The maximum absolute atomic E-state index is 14.8. The van der Waals surface area contributed by atoms with E-state index < -0.39 is 30.1 Å². The zero-order valence-electron chi connectivity index (χ0n) is 40.3. The lowest BCUT2D eigenvalue weighted by Gasteiger charge is -2.59. The topological polar surface area (TPSA) is 193 Å². The highest BCUT2D eigenvalue weighted by molar-refractivity contribution is 6.03. The van der Waals surface area contributed by atoms with Crippen molar-refractivity contribution in [2.75, 3.05) is 73.1 Å². The molecule has 0 bridgehead atoms. The molecule has 1 saturated carbocycles. The van der Waals surface area contributed by atoms with Gasteiger partial charge in [-0.15, -0.1) is 6.58 Å². The first-order valence-corrected chi connectivity index (χ1v) is 24.8. The van der Waals surface area contributed by atoms with Crippen molar-refractivity contribution in [1.82, 2.24) is 4.90 Å². The van der Waals surface area contributed by atoms with Crippen LogP contribution in [0, 0.1) is 17.8 Å². The van der Waals surface area contributed by atoms with Crippen LogP contribution in [0.4, 0.5) is 4.79 Å². The second-order valence-corrected chi connectivity index (χ2v) is 18.0. The summed E-state index contributed by atoms with van der Waals surface area (Å²) in [5.74, 6) is -0.690. The van der Waals surface area contributed by atoms with Gasteiger partial charge in [-0.1, -0.05) is 60.5 Å². The Hall–Kier alpha value is -5.33. The zero-order valence-corrected chi connectivity index (χ0v) is 40.3. The van der Waals surface area contributed by atoms with E-state index in [0.717, 1.165) is 61.5 Å². The van der Waals surface area contributed by atoms with Gasteiger partial charge in [-0.25, -0.2) is 4.79 Å². The number of fused-ring (bicyclic) bond motifs is 2. The number of rotatable bonds is 28. The third kappa shape index (κ3) is 12.9. The van der Waals surface area contributed by atoms with E-state index in [-0.39, 0.29) is 83.6 Å². The summed E-state index contributed by atoms with van der Waals surface area (Å²) in [6.45, 7) is 5.18. The molecular formula is C54H70N2O14. The summed E-state index contributed by atoms with van der Waals surface area (Å²) >= 11 is 0. The number of ether oxygens (including phenoxy) is 8. The number of allylic oxidation sites excluding steroid dienone is 1. The molecule has 0 radical (unpaired) electrons. The van der Waals surface area contributed by atoms with E-state index in [2.05, 4.69) is 12.7 Å². The number of hydrogen-bond donors (Lipinski definition) is 3. The highest BCUT2D eigenvalue weighted by atomic mass is 16.8. The van der Waals surface area contributed by atoms with Crippen LogP contribution in [0.5, 0.6) is 23.0 Å². The third-order valence-corrected chi connectivity index (χ3v) is 13.5. The van der Waals surface area contributed by atoms with Gasteiger partial charge in [0.05, 0.1) is 70.6 Å². The van der Waals surface area contributed by atoms with Crippen molar-refractivity contribution < 1.29 is 67.6 Å². The molecule has 2 heterocycles. The molecule has 0 spiro atoms. The lowest BCUT2D eigenvalue weighted by molar-refractivity contribution is -0.256. The van der Waals surface area contributed by atoms with Crippen molar-refractivity contribution in [3.63, 3.8) is 0 Å². The molecule has 2 aliphatic carbocycles. The lowest BCUT2D eigenvalue weighted by atomic mass is 9.55. The minimum atomic E-state index is -1.57. The van der Waals surface area contributed by atoms with Gasteiger partial charge >= 0.3 is 6.09 Å². The van der Waals surface area contributed by atoms with Crippen LogP contribution in [0.3, 0.4) is 0 Å². The van der Waals surface area contributed by atoms with Gasteiger partial charge in [-0.05, 0) is 97.9 Å². The van der Waals surface area contributed by atoms with Gasteiger partial charge in [-0.2, -0.15) is 0 Å². The van der Waals surface area contributed by atoms with Crippen LogP contribution in [0.2, 0.25) is 0 Å². The first-order chi connectivity index (χ1) is 34.4. The Bertz CT molecular complexity index is 2200. The number of aldehydes is 1. The third-order valence-electron chi connectivity index (χ3n) is 13.5. The Morgan fingerprint density at radius 2 is 1.71 bits per heavy atom. The highest BCUT2D eigenvalue weighted by Gasteiger charge is 2.65. The number of benzene rings is 3. The predicted molar refractivity (Wildman–Crippen MR) is 260 cm³/mol. The first kappa shape index (κ1) is 52.5. The maximum Gasteiger partial charge on any atom is 0.410 e. The van der Waals surface area contributed by atoms with Crippen molar-refractivity contribution in [3.8, 4) is 23.0 Å². The smallest absolute Gasteiger partial charge is 0.410 e. The molecule has 4 aliphatic rings. The molecule has 3 aromatic carbocycles. The average Bonchev–Trinajstić information content (AvgIpc) is 3.39. The summed E-state index contributed by atoms with van der Waals surface area (Å²) in [6.07, 6.45) is 10.3. The lowest BCUT2D eigenvalue weighted by Crippen LogP contribution is -2.70. The summed E-state index contributed by atoms with van der Waals surface area (Å²) in [7, 11) is 1.50. The average molecular weight is 971 g/mol. The number of carbonyl (C=O) groups excluding carboxylic acids is 2. The van der Waals surface area contributed by atoms with Gasteiger partial charge in [0.15, 0.2) is 6.29 Å². The minimum absolute atomic E-state index is 0.0117. The van der Waals surface area contributed by atoms with Crippen molar-refractivity contribution in [1.29, 1.82) is 0 Å². The number of hydrogen-bond acceptors (Lipinski definition) is 15. The molecule has 1 unspecified atom stereocenters. The second-order valence-electron chi connectivity index (χ2n) is 18.0. The predicted octanol–water partition coefficient (Wildman–Crippen LogP) is 8.12. The van der Waals surface area contributed by atoms with Gasteiger partial charge in [0, 0.05) is 44.1 Å². The number of amides is 1. The fourth-order valence-electron chi connectivity index (χ4n) is 10.4. The molecule has 0 aromatic heterocycles. The van der Waals surface area contributed by atoms with Gasteiger partial charge in [0.2, 0.25) is 12.1 Å². The fraction of sp³-hybridized carbons (Fsp3) is 0.537. The highest BCUT2D eigenvalue weighted by Crippen LogP contribution is 2.62. The van der Waals surface area contributed by atoms with Crippen LogP contribution in [0.1, 0.15) is 91.6 Å². The number of oxime groups is 1. The molecular weight excluding hydrogens is 901 g/mol. The Morgan fingerprint density at radius 3 is 2.46 bits per heavy atom. The van der Waals surface area contributed by atoms with E-state index in [9.17, 15) is 24.9 Å². The van der Waals surface area contributed by atoms with E-state index in [1.807, 2.05) is 42.5 Å². The van der Waals surface area contributed by atoms with Gasteiger partial charge in [0.25, 0.3) is 0 Å². The Kier molecular flexibility index (Phi) is 20.1. The van der Waals surface area contributed by atoms with Crippen LogP contribution >= 0.6 is 0 Å². The Morgan fingerprint density at radius 1 is 0.914 bits per heavy atom. The van der Waals surface area contributed by atoms with Crippen molar-refractivity contribution in [2.45, 2.75) is 94.9 Å². The molecule has 7 rings (SSSR count). The molecule has 7 atom stereocenters. The van der Waals surface area contributed by atoms with Crippen LogP contribution in [-0.4, -0.2) is 130 Å². The van der Waals surface area contributed by atoms with Crippen molar-refractivity contribution in [2.24, 2.45) is 22.9 Å². The van der Waals surface area contributed by atoms with Gasteiger partial charge < -0.3 is 58.1 Å². The number of unbranched alkanes of at least 4 members (excludes halogenated alkanes) is 2. The maximum atomic E-state index is 14.8. The number of nitrogens with zero attached hydrogens (tertiary/aromatic N) is 2. The van der Waals surface area contributed by atoms with Crippen molar-refractivity contribution >= 4 is 18.1 Å². The van der Waals surface area contributed by atoms with Gasteiger partial charge in [0.1, 0.15) is 35.6 Å². The number of aliphatic hydroxyl groups is 3. The number of carbonyl (C=O) groups is 2. The number of aliphatic hydroxyl groups excluding tert-OH is 3. The quantitative estimate of drug-likeness (QED) is 0.0273. The molecule has 3 N–H and O–H groups in total. The standard InChI is InChI=1S/C54H70N2O14/c1-3-26-67-54-49(56(22-28-63-29-25-59)53(61)66-31-30-64-37-38-13-5-4-6-14-38)35-46(55-70-50-17-9-12-27-65-50)44-33-39(15-7-10-23-57)43(16-8-11-24-58)51(52(44)54)45-34-42(19-21-48(45)69-54)68-41-18-20-47(62-2)40(32-41)36-60/h3-6,13-14,18-21,32-34,36,39,43,49-52,57-59H,1,7-12,15-17,22-31,35,37H2,2H3/t39-,43+,49-,50?,51+,52+,54+/m0/s1. The summed E-state index contributed by atoms with van der Waals surface area (Å²) in [5.41, 5.74) is 3.64. The monoisotopic (exact) mass is 970 g/mol. The van der Waals surface area contributed by atoms with E-state index in [1.165, 1.54) is 7.11 Å². The summed E-state index contributed by atoms with van der Waals surface area (Å²) in [4.78, 5) is 34.7. The SMILES string of the molecule is C=CCO[C@@]12Oc3ccc(Oc4ccc(OC)c(C=O)c4)cc3[C@H]3[C@H](CCCCO)[C@@H](CCCCO)C=C(C(=NOC4CCCCO4)C[C@@H]1N(CCOCCO)C(=O)OCCOCc1ccccc1)[C@H]32. The molecule has 70 heavy (non-hydrogen) atoms. The molecule has 2 aliphatic heterocycles. The van der Waals surface area contributed by atoms with Crippen LogP contribution in [-0.2, 0) is 35.1 Å². The molecule has 3 aromatic rings. The first-order valence-electron chi connectivity index (χ1n) is 24.8. The zero-order chi connectivity index (χ0) is 49.1. The number of methoxy groups -OCH3 is 1. The Labute approximate surface area is 411 Å². The molecule has 16 nitrogen and oxygen atoms in total. The minimum Gasteiger partial charge on any atom is -0.496 e. The molecule has 380 valence electrons. The van der Waals surface area contributed by atoms with Crippen LogP contribution in [0.25, 0.3) is 0 Å². The van der Waals surface area contributed by atoms with Crippen LogP contribution in [0.15, 0.2) is 96.2 Å². The normalized spacial score (nSPS) is 24.1. The molecule has 2 fully saturated rings. The Balaban J connectivity index is 1.37. The van der Waals surface area contributed by atoms with E-state index in [0.29, 0.717) is 66.7 Å². The molecule has 1 saturated heterocycles. The largest absolute Gasteiger partial charge is 0.496 e. The van der Waals surface area contributed by atoms with E-state index in [1.54, 1.807) is 35.2 Å².